The Balaban J connectivity index is 2.48. The summed E-state index contributed by atoms with van der Waals surface area (Å²) in [5, 5.41) is 3.82. The zero-order valence-corrected chi connectivity index (χ0v) is 12.4. The Kier molecular flexibility index (Phi) is 6.50. The predicted octanol–water partition coefficient (Wildman–Crippen LogP) is 3.42. The average molecular weight is 240 g/mol. The minimum Gasteiger partial charge on any atom is -0.312 e. The fraction of sp³-hybridized carbons (Fsp3) is 1.00. The summed E-state index contributed by atoms with van der Waals surface area (Å²) < 4.78 is 0. The normalized spacial score (nSPS) is 21.7. The van der Waals surface area contributed by atoms with Crippen molar-refractivity contribution < 1.29 is 0 Å². The molecule has 1 fully saturated rings. The summed E-state index contributed by atoms with van der Waals surface area (Å²) in [6.45, 7) is 5.77. The molecule has 1 aliphatic rings. The van der Waals surface area contributed by atoms with Gasteiger partial charge in [0, 0.05) is 18.1 Å². The van der Waals surface area contributed by atoms with Gasteiger partial charge in [-0.15, -0.1) is 0 Å². The van der Waals surface area contributed by atoms with E-state index in [4.69, 9.17) is 0 Å². The monoisotopic (exact) mass is 240 g/mol. The van der Waals surface area contributed by atoms with E-state index in [1.165, 1.54) is 57.9 Å². The second-order valence-corrected chi connectivity index (χ2v) is 5.95. The van der Waals surface area contributed by atoms with E-state index in [9.17, 15) is 0 Å². The van der Waals surface area contributed by atoms with Crippen LogP contribution in [0.25, 0.3) is 0 Å². The highest BCUT2D eigenvalue weighted by Crippen LogP contribution is 2.31. The smallest absolute Gasteiger partial charge is 0.0327 e. The zero-order chi connectivity index (χ0) is 12.7. The summed E-state index contributed by atoms with van der Waals surface area (Å²) in [5.74, 6) is 0. The molecule has 17 heavy (non-hydrogen) atoms. The molecule has 1 aliphatic carbocycles. The largest absolute Gasteiger partial charge is 0.312 e. The fourth-order valence-electron chi connectivity index (χ4n) is 3.13. The van der Waals surface area contributed by atoms with Crippen LogP contribution in [0.3, 0.4) is 0 Å². The van der Waals surface area contributed by atoms with Crippen molar-refractivity contribution in [3.05, 3.63) is 0 Å². The summed E-state index contributed by atoms with van der Waals surface area (Å²) in [6, 6.07) is 0.721. The van der Waals surface area contributed by atoms with Crippen molar-refractivity contribution in [2.75, 3.05) is 20.6 Å². The number of hydrogen-bond donors (Lipinski definition) is 1. The van der Waals surface area contributed by atoms with Crippen LogP contribution in [0.5, 0.6) is 0 Å². The van der Waals surface area contributed by atoms with Gasteiger partial charge in [0.1, 0.15) is 0 Å². The van der Waals surface area contributed by atoms with Gasteiger partial charge in [-0.2, -0.15) is 0 Å². The van der Waals surface area contributed by atoms with E-state index in [1.807, 2.05) is 0 Å². The molecule has 2 heteroatoms. The molecule has 1 N–H and O–H groups in total. The van der Waals surface area contributed by atoms with E-state index < -0.39 is 0 Å². The summed E-state index contributed by atoms with van der Waals surface area (Å²) in [5.41, 5.74) is 0.430. The molecule has 0 aromatic rings. The van der Waals surface area contributed by atoms with Crippen molar-refractivity contribution in [3.8, 4) is 0 Å². The molecule has 0 amide bonds. The topological polar surface area (TPSA) is 15.3 Å². The van der Waals surface area contributed by atoms with E-state index in [2.05, 4.69) is 38.2 Å². The predicted molar refractivity (Wildman–Crippen MR) is 76.5 cm³/mol. The molecule has 0 bridgehead atoms. The van der Waals surface area contributed by atoms with Gasteiger partial charge in [-0.1, -0.05) is 39.5 Å². The first-order chi connectivity index (χ1) is 8.14. The van der Waals surface area contributed by atoms with Gasteiger partial charge in [-0.05, 0) is 39.8 Å². The highest BCUT2D eigenvalue weighted by molar-refractivity contribution is 4.93. The second-order valence-electron chi connectivity index (χ2n) is 5.95. The lowest BCUT2D eigenvalue weighted by atomic mass is 9.80. The number of likely N-dealkylation sites (N-methyl/N-ethyl adjacent to an activating group) is 1. The molecule has 2 nitrogen and oxygen atoms in total. The molecule has 0 heterocycles. The Morgan fingerprint density at radius 1 is 1.12 bits per heavy atom. The zero-order valence-electron chi connectivity index (χ0n) is 12.4. The summed E-state index contributed by atoms with van der Waals surface area (Å²) in [6.07, 6.45) is 10.9. The Bertz CT molecular complexity index is 195. The van der Waals surface area contributed by atoms with Crippen molar-refractivity contribution in [3.63, 3.8) is 0 Å². The molecular formula is C15H32N2. The first kappa shape index (κ1) is 15.0. The van der Waals surface area contributed by atoms with Crippen LogP contribution < -0.4 is 5.32 Å². The maximum absolute atomic E-state index is 3.82. The molecule has 0 aromatic carbocycles. The van der Waals surface area contributed by atoms with E-state index in [0.717, 1.165) is 6.04 Å². The van der Waals surface area contributed by atoms with Crippen molar-refractivity contribution >= 4 is 0 Å². The summed E-state index contributed by atoms with van der Waals surface area (Å²) >= 11 is 0. The van der Waals surface area contributed by atoms with Crippen molar-refractivity contribution in [2.24, 2.45) is 0 Å². The second kappa shape index (κ2) is 7.38. The molecule has 0 saturated heterocycles. The Hall–Kier alpha value is -0.0800. The molecule has 1 rings (SSSR count). The van der Waals surface area contributed by atoms with Gasteiger partial charge in [0.25, 0.3) is 0 Å². The van der Waals surface area contributed by atoms with Gasteiger partial charge in [-0.25, -0.2) is 0 Å². The molecule has 102 valence electrons. The first-order valence-corrected chi connectivity index (χ1v) is 7.55. The van der Waals surface area contributed by atoms with Crippen LogP contribution >= 0.6 is 0 Å². The number of hydrogen-bond acceptors (Lipinski definition) is 2. The maximum Gasteiger partial charge on any atom is 0.0327 e. The van der Waals surface area contributed by atoms with Crippen LogP contribution in [-0.4, -0.2) is 37.1 Å². The van der Waals surface area contributed by atoms with Gasteiger partial charge in [0.05, 0.1) is 0 Å². The highest BCUT2D eigenvalue weighted by Gasteiger charge is 2.34. The summed E-state index contributed by atoms with van der Waals surface area (Å²) in [4.78, 5) is 2.47. The van der Waals surface area contributed by atoms with Crippen LogP contribution in [0, 0.1) is 0 Å². The van der Waals surface area contributed by atoms with Gasteiger partial charge in [-0.3, -0.25) is 0 Å². The van der Waals surface area contributed by atoms with Crippen molar-refractivity contribution in [1.82, 2.24) is 10.2 Å². The van der Waals surface area contributed by atoms with Crippen LogP contribution in [0.1, 0.15) is 65.2 Å². The summed E-state index contributed by atoms with van der Waals surface area (Å²) in [7, 11) is 4.52. The average Bonchev–Trinajstić information content (AvgIpc) is 2.35. The van der Waals surface area contributed by atoms with E-state index in [0.29, 0.717) is 5.54 Å². The third kappa shape index (κ3) is 4.26. The Labute approximate surface area is 108 Å². The quantitative estimate of drug-likeness (QED) is 0.733. The van der Waals surface area contributed by atoms with Crippen molar-refractivity contribution in [2.45, 2.75) is 76.8 Å². The molecule has 1 atom stereocenters. The van der Waals surface area contributed by atoms with Crippen LogP contribution in [-0.2, 0) is 0 Å². The number of rotatable bonds is 7. The molecule has 0 aliphatic heterocycles. The van der Waals surface area contributed by atoms with Crippen LogP contribution in [0.4, 0.5) is 0 Å². The third-order valence-electron chi connectivity index (χ3n) is 4.58. The third-order valence-corrected chi connectivity index (χ3v) is 4.58. The molecule has 0 spiro atoms. The number of nitrogens with zero attached hydrogens (tertiary/aromatic N) is 1. The Morgan fingerprint density at radius 3 is 2.24 bits per heavy atom. The minimum atomic E-state index is 0.430. The van der Waals surface area contributed by atoms with Gasteiger partial charge in [0.15, 0.2) is 0 Å². The molecule has 0 radical (unpaired) electrons. The lowest BCUT2D eigenvalue weighted by molar-refractivity contribution is 0.0944. The van der Waals surface area contributed by atoms with Gasteiger partial charge in [0.2, 0.25) is 0 Å². The van der Waals surface area contributed by atoms with E-state index in [1.54, 1.807) is 0 Å². The lowest BCUT2D eigenvalue weighted by Crippen LogP contribution is -2.54. The minimum absolute atomic E-state index is 0.430. The molecule has 1 saturated carbocycles. The fourth-order valence-corrected chi connectivity index (χ4v) is 3.13. The number of nitrogens with one attached hydrogen (secondary N) is 1. The maximum atomic E-state index is 3.82. The van der Waals surface area contributed by atoms with Gasteiger partial charge < -0.3 is 10.2 Å². The molecule has 0 aromatic heterocycles. The van der Waals surface area contributed by atoms with Gasteiger partial charge >= 0.3 is 0 Å². The van der Waals surface area contributed by atoms with E-state index >= 15 is 0 Å². The Morgan fingerprint density at radius 2 is 1.76 bits per heavy atom. The SMILES string of the molecule is CCCC(CC)NCC1(N(C)C)CCCCC1. The highest BCUT2D eigenvalue weighted by atomic mass is 15.2. The lowest BCUT2D eigenvalue weighted by Gasteiger charge is -2.44. The molecular weight excluding hydrogens is 208 g/mol. The standard InChI is InChI=1S/C15H32N2/c1-5-10-14(6-2)16-13-15(17(3)4)11-8-7-9-12-15/h14,16H,5-13H2,1-4H3. The first-order valence-electron chi connectivity index (χ1n) is 7.55. The van der Waals surface area contributed by atoms with E-state index in [-0.39, 0.29) is 0 Å². The van der Waals surface area contributed by atoms with Crippen molar-refractivity contribution in [1.29, 1.82) is 0 Å². The van der Waals surface area contributed by atoms with Crippen LogP contribution in [0.15, 0.2) is 0 Å². The van der Waals surface area contributed by atoms with Crippen LogP contribution in [0.2, 0.25) is 0 Å². The molecule has 1 unspecified atom stereocenters.